The van der Waals surface area contributed by atoms with Crippen molar-refractivity contribution in [2.75, 3.05) is 0 Å². The lowest BCUT2D eigenvalue weighted by atomic mass is 10.0. The summed E-state index contributed by atoms with van der Waals surface area (Å²) in [5.41, 5.74) is 0. The maximum Gasteiger partial charge on any atom is 0.243 e. The molecule has 0 aromatic carbocycles. The van der Waals surface area contributed by atoms with E-state index in [1.165, 1.54) is 77.0 Å². The fourth-order valence-corrected chi connectivity index (χ4v) is 3.08. The zero-order valence-electron chi connectivity index (χ0n) is 14.5. The molecule has 3 nitrogen and oxygen atoms in total. The number of rotatable bonds is 16. The van der Waals surface area contributed by atoms with Gasteiger partial charge >= 0.3 is 0 Å². The summed E-state index contributed by atoms with van der Waals surface area (Å²) in [7, 11) is -2.84. The summed E-state index contributed by atoms with van der Waals surface area (Å²) in [4.78, 5) is 10.9. The van der Waals surface area contributed by atoms with E-state index in [0.717, 1.165) is 19.3 Å². The summed E-state index contributed by atoms with van der Waals surface area (Å²) in [6.07, 6.45) is 19.3. The van der Waals surface area contributed by atoms with Crippen LogP contribution in [0, 0.1) is 0 Å². The minimum Gasteiger partial charge on any atom is -0.282 e. The second-order valence-corrected chi connectivity index (χ2v) is 7.36. The van der Waals surface area contributed by atoms with Crippen LogP contribution in [0.1, 0.15) is 110 Å². The highest BCUT2D eigenvalue weighted by Crippen LogP contribution is 2.13. The molecule has 0 amide bonds. The minimum absolute atomic E-state index is 0.205. The topological polar surface area (TPSA) is 51.2 Å². The van der Waals surface area contributed by atoms with Crippen LogP contribution < -0.4 is 0 Å². The number of thiol groups is 1. The molecule has 0 aliphatic rings. The van der Waals surface area contributed by atoms with Crippen molar-refractivity contribution in [3.8, 4) is 0 Å². The molecule has 0 saturated carbocycles. The van der Waals surface area contributed by atoms with Gasteiger partial charge in [0.25, 0.3) is 0 Å². The van der Waals surface area contributed by atoms with Crippen molar-refractivity contribution in [3.63, 3.8) is 0 Å². The lowest BCUT2D eigenvalue weighted by molar-refractivity contribution is -0.111. The molecule has 0 spiro atoms. The third-order valence-electron chi connectivity index (χ3n) is 4.20. The van der Waals surface area contributed by atoms with E-state index in [1.54, 1.807) is 0 Å². The average Bonchev–Trinajstić information content (AvgIpc) is 2.50. The molecule has 0 atom stereocenters. The second-order valence-electron chi connectivity index (χ2n) is 6.35. The van der Waals surface area contributed by atoms with Crippen LogP contribution in [0.5, 0.6) is 0 Å². The van der Waals surface area contributed by atoms with Crippen molar-refractivity contribution >= 4 is 15.8 Å². The van der Waals surface area contributed by atoms with Crippen molar-refractivity contribution in [1.29, 1.82) is 0 Å². The van der Waals surface area contributed by atoms with E-state index < -0.39 is 15.8 Å². The molecular formula is C18H36O3S. The van der Waals surface area contributed by atoms with Crippen molar-refractivity contribution in [2.45, 2.75) is 110 Å². The standard InChI is InChI=1S/C18H36O3S/c1-2-3-4-5-6-7-8-9-10-11-12-13-14-15-16-17-18(19)22(20)21/h22H,2-17H2,1H3. The van der Waals surface area contributed by atoms with Gasteiger partial charge in [0.05, 0.1) is 0 Å². The zero-order chi connectivity index (χ0) is 16.5. The maximum absolute atomic E-state index is 10.9. The molecule has 0 aliphatic heterocycles. The molecule has 0 unspecified atom stereocenters. The third kappa shape index (κ3) is 16.0. The van der Waals surface area contributed by atoms with Crippen LogP contribution in [0.15, 0.2) is 0 Å². The molecule has 22 heavy (non-hydrogen) atoms. The molecular weight excluding hydrogens is 296 g/mol. The van der Waals surface area contributed by atoms with Gasteiger partial charge in [-0.1, -0.05) is 96.8 Å². The predicted octanol–water partition coefficient (Wildman–Crippen LogP) is 5.39. The Kier molecular flexibility index (Phi) is 16.7. The molecule has 0 bridgehead atoms. The van der Waals surface area contributed by atoms with E-state index >= 15 is 0 Å². The molecule has 132 valence electrons. The van der Waals surface area contributed by atoms with E-state index in [2.05, 4.69) is 6.92 Å². The Morgan fingerprint density at radius 3 is 1.23 bits per heavy atom. The second kappa shape index (κ2) is 17.0. The smallest absolute Gasteiger partial charge is 0.243 e. The van der Waals surface area contributed by atoms with Crippen LogP contribution in [0.25, 0.3) is 0 Å². The van der Waals surface area contributed by atoms with E-state index in [9.17, 15) is 13.2 Å². The first-order valence-electron chi connectivity index (χ1n) is 9.35. The molecule has 0 N–H and O–H groups in total. The molecule has 0 heterocycles. The summed E-state index contributed by atoms with van der Waals surface area (Å²) >= 11 is 0. The highest BCUT2D eigenvalue weighted by Gasteiger charge is 2.02. The first-order valence-corrected chi connectivity index (χ1v) is 10.5. The van der Waals surface area contributed by atoms with Crippen LogP contribution in [0.2, 0.25) is 0 Å². The Morgan fingerprint density at radius 2 is 0.909 bits per heavy atom. The Balaban J connectivity index is 3.07. The molecule has 4 heteroatoms. The Morgan fingerprint density at radius 1 is 0.591 bits per heavy atom. The van der Waals surface area contributed by atoms with Crippen LogP contribution in [-0.2, 0) is 15.5 Å². The number of unbranched alkanes of at least 4 members (excludes halogenated alkanes) is 14. The number of carbonyl (C=O) groups is 1. The normalized spacial score (nSPS) is 11.2. The highest BCUT2D eigenvalue weighted by atomic mass is 32.2. The van der Waals surface area contributed by atoms with Crippen molar-refractivity contribution in [1.82, 2.24) is 0 Å². The van der Waals surface area contributed by atoms with E-state index in [4.69, 9.17) is 0 Å². The monoisotopic (exact) mass is 332 g/mol. The lowest BCUT2D eigenvalue weighted by Gasteiger charge is -2.03. The van der Waals surface area contributed by atoms with Gasteiger partial charge in [0.2, 0.25) is 15.8 Å². The van der Waals surface area contributed by atoms with Crippen molar-refractivity contribution < 1.29 is 13.2 Å². The van der Waals surface area contributed by atoms with Gasteiger partial charge in [0.1, 0.15) is 0 Å². The van der Waals surface area contributed by atoms with Crippen molar-refractivity contribution in [2.24, 2.45) is 0 Å². The van der Waals surface area contributed by atoms with Crippen LogP contribution >= 0.6 is 0 Å². The van der Waals surface area contributed by atoms with Crippen LogP contribution in [0.4, 0.5) is 0 Å². The fraction of sp³-hybridized carbons (Fsp3) is 0.944. The molecule has 0 aromatic heterocycles. The van der Waals surface area contributed by atoms with Gasteiger partial charge in [-0.3, -0.25) is 4.79 Å². The molecule has 0 radical (unpaired) electrons. The lowest BCUT2D eigenvalue weighted by Crippen LogP contribution is -1.98. The largest absolute Gasteiger partial charge is 0.282 e. The first-order chi connectivity index (χ1) is 10.7. The molecule has 0 aliphatic carbocycles. The quantitative estimate of drug-likeness (QED) is 0.305. The Labute approximate surface area is 139 Å². The summed E-state index contributed by atoms with van der Waals surface area (Å²) in [6.45, 7) is 2.26. The van der Waals surface area contributed by atoms with Gasteiger partial charge in [0.15, 0.2) is 0 Å². The summed E-state index contributed by atoms with van der Waals surface area (Å²) in [5.74, 6) is 0. The van der Waals surface area contributed by atoms with Crippen LogP contribution in [0.3, 0.4) is 0 Å². The number of hydrogen-bond acceptors (Lipinski definition) is 3. The summed E-state index contributed by atoms with van der Waals surface area (Å²) in [5, 5.41) is -0.607. The zero-order valence-corrected chi connectivity index (χ0v) is 15.4. The summed E-state index contributed by atoms with van der Waals surface area (Å²) in [6, 6.07) is 0. The Bertz CT molecular complexity index is 316. The molecule has 0 saturated heterocycles. The van der Waals surface area contributed by atoms with Crippen LogP contribution in [-0.4, -0.2) is 13.5 Å². The third-order valence-corrected chi connectivity index (χ3v) is 4.83. The minimum atomic E-state index is -2.84. The average molecular weight is 333 g/mol. The highest BCUT2D eigenvalue weighted by molar-refractivity contribution is 7.89. The van der Waals surface area contributed by atoms with Gasteiger partial charge in [-0.15, -0.1) is 0 Å². The van der Waals surface area contributed by atoms with E-state index in [1.807, 2.05) is 0 Å². The van der Waals surface area contributed by atoms with Gasteiger partial charge in [-0.25, -0.2) is 8.42 Å². The first kappa shape index (κ1) is 21.6. The molecule has 0 fully saturated rings. The predicted molar refractivity (Wildman–Crippen MR) is 94.9 cm³/mol. The Hall–Kier alpha value is -0.380. The SMILES string of the molecule is CCCCCCCCCCCCCCCCCC(=O)[SH](=O)=O. The van der Waals surface area contributed by atoms with E-state index in [0.29, 0.717) is 0 Å². The summed E-state index contributed by atoms with van der Waals surface area (Å²) < 4.78 is 20.7. The van der Waals surface area contributed by atoms with Crippen molar-refractivity contribution in [3.05, 3.63) is 0 Å². The number of hydrogen-bond donors (Lipinski definition) is 1. The fourth-order valence-electron chi connectivity index (χ4n) is 2.74. The molecule has 0 aromatic rings. The maximum atomic E-state index is 10.9. The van der Waals surface area contributed by atoms with E-state index in [-0.39, 0.29) is 6.42 Å². The number of carbonyl (C=O) groups excluding carboxylic acids is 1. The van der Waals surface area contributed by atoms with Gasteiger partial charge in [-0.05, 0) is 6.42 Å². The van der Waals surface area contributed by atoms with Gasteiger partial charge < -0.3 is 0 Å². The van der Waals surface area contributed by atoms with Gasteiger partial charge in [-0.2, -0.15) is 0 Å². The molecule has 0 rings (SSSR count). The van der Waals surface area contributed by atoms with Gasteiger partial charge in [0, 0.05) is 6.42 Å².